The molecule has 0 aliphatic heterocycles. The van der Waals surface area contributed by atoms with Gasteiger partial charge in [0.15, 0.2) is 0 Å². The molecule has 3 nitrogen and oxygen atoms in total. The molecule has 2 rings (SSSR count). The van der Waals surface area contributed by atoms with Crippen molar-refractivity contribution in [1.82, 2.24) is 4.98 Å². The van der Waals surface area contributed by atoms with Gasteiger partial charge in [-0.1, -0.05) is 45.0 Å². The fourth-order valence-corrected chi connectivity index (χ4v) is 1.98. The van der Waals surface area contributed by atoms with Crippen LogP contribution < -0.4 is 0 Å². The average molecular weight is 283 g/mol. The summed E-state index contributed by atoms with van der Waals surface area (Å²) < 4.78 is 5.26. The number of ether oxygens (including phenoxy) is 1. The zero-order valence-corrected chi connectivity index (χ0v) is 12.8. The van der Waals surface area contributed by atoms with Crippen molar-refractivity contribution in [3.8, 4) is 0 Å². The third-order valence-electron chi connectivity index (χ3n) is 3.32. The molecule has 0 unspecified atom stereocenters. The largest absolute Gasteiger partial charge is 0.461 e. The molecule has 0 aliphatic carbocycles. The van der Waals surface area contributed by atoms with E-state index in [0.29, 0.717) is 13.0 Å². The zero-order chi connectivity index (χ0) is 15.3. The van der Waals surface area contributed by atoms with Crippen LogP contribution in [0.25, 0.3) is 0 Å². The molecule has 0 bridgehead atoms. The molecule has 1 aromatic heterocycles. The van der Waals surface area contributed by atoms with Gasteiger partial charge in [-0.05, 0) is 34.2 Å². The van der Waals surface area contributed by atoms with Crippen LogP contribution in [0.5, 0.6) is 0 Å². The molecule has 0 saturated carbocycles. The Bertz CT molecular complexity index is 583. The first-order valence-electron chi connectivity index (χ1n) is 7.09. The van der Waals surface area contributed by atoms with Crippen LogP contribution in [0.2, 0.25) is 0 Å². The van der Waals surface area contributed by atoms with Crippen molar-refractivity contribution in [1.29, 1.82) is 0 Å². The highest BCUT2D eigenvalue weighted by Crippen LogP contribution is 2.22. The smallest absolute Gasteiger partial charge is 0.310 e. The summed E-state index contributed by atoms with van der Waals surface area (Å²) >= 11 is 0. The Kier molecular flexibility index (Phi) is 4.73. The van der Waals surface area contributed by atoms with E-state index in [1.807, 2.05) is 24.3 Å². The Morgan fingerprint density at radius 3 is 2.19 bits per heavy atom. The quantitative estimate of drug-likeness (QED) is 0.804. The maximum Gasteiger partial charge on any atom is 0.310 e. The first-order valence-corrected chi connectivity index (χ1v) is 7.09. The second-order valence-corrected chi connectivity index (χ2v) is 6.14. The van der Waals surface area contributed by atoms with Gasteiger partial charge < -0.3 is 4.74 Å². The molecule has 0 N–H and O–H groups in total. The summed E-state index contributed by atoms with van der Waals surface area (Å²) in [7, 11) is 0. The second kappa shape index (κ2) is 6.53. The van der Waals surface area contributed by atoms with Gasteiger partial charge in [0.1, 0.15) is 6.61 Å². The van der Waals surface area contributed by atoms with Crippen LogP contribution in [0, 0.1) is 0 Å². The number of rotatable bonds is 4. The van der Waals surface area contributed by atoms with Gasteiger partial charge in [0.05, 0.1) is 6.42 Å². The normalized spacial score (nSPS) is 11.2. The monoisotopic (exact) mass is 283 g/mol. The van der Waals surface area contributed by atoms with Crippen LogP contribution in [0.1, 0.15) is 37.5 Å². The minimum Gasteiger partial charge on any atom is -0.461 e. The van der Waals surface area contributed by atoms with Gasteiger partial charge in [-0.15, -0.1) is 0 Å². The summed E-state index contributed by atoms with van der Waals surface area (Å²) in [6, 6.07) is 11.8. The van der Waals surface area contributed by atoms with Gasteiger partial charge in [-0.3, -0.25) is 9.78 Å². The number of benzene rings is 1. The molecule has 21 heavy (non-hydrogen) atoms. The highest BCUT2D eigenvalue weighted by Gasteiger charge is 2.13. The molecule has 0 amide bonds. The van der Waals surface area contributed by atoms with Crippen LogP contribution >= 0.6 is 0 Å². The van der Waals surface area contributed by atoms with E-state index in [-0.39, 0.29) is 11.4 Å². The van der Waals surface area contributed by atoms with E-state index in [1.54, 1.807) is 12.4 Å². The van der Waals surface area contributed by atoms with Gasteiger partial charge in [-0.25, -0.2) is 0 Å². The van der Waals surface area contributed by atoms with E-state index in [2.05, 4.69) is 37.9 Å². The van der Waals surface area contributed by atoms with Crippen molar-refractivity contribution in [2.45, 2.75) is 39.2 Å². The standard InChI is InChI=1S/C18H21NO2/c1-18(2,3)16-6-4-14(5-7-16)12-17(20)21-13-15-8-10-19-11-9-15/h4-11H,12-13H2,1-3H3. The van der Waals surface area contributed by atoms with E-state index in [4.69, 9.17) is 4.74 Å². The molecule has 2 aromatic rings. The number of hydrogen-bond donors (Lipinski definition) is 0. The van der Waals surface area contributed by atoms with Gasteiger partial charge in [0.25, 0.3) is 0 Å². The minimum atomic E-state index is -0.213. The van der Waals surface area contributed by atoms with Crippen molar-refractivity contribution in [2.75, 3.05) is 0 Å². The Labute approximate surface area is 126 Å². The Hall–Kier alpha value is -2.16. The van der Waals surface area contributed by atoms with E-state index in [0.717, 1.165) is 11.1 Å². The first-order chi connectivity index (χ1) is 9.95. The fourth-order valence-electron chi connectivity index (χ4n) is 1.98. The topological polar surface area (TPSA) is 39.2 Å². The van der Waals surface area contributed by atoms with Crippen LogP contribution in [-0.2, 0) is 28.0 Å². The van der Waals surface area contributed by atoms with Crippen LogP contribution in [-0.4, -0.2) is 11.0 Å². The summed E-state index contributed by atoms with van der Waals surface area (Å²) in [6.45, 7) is 6.81. The number of esters is 1. The van der Waals surface area contributed by atoms with Crippen molar-refractivity contribution in [3.63, 3.8) is 0 Å². The maximum absolute atomic E-state index is 11.8. The summed E-state index contributed by atoms with van der Waals surface area (Å²) in [6.07, 6.45) is 3.68. The SMILES string of the molecule is CC(C)(C)c1ccc(CC(=O)OCc2ccncc2)cc1. The Morgan fingerprint density at radius 1 is 1.00 bits per heavy atom. The van der Waals surface area contributed by atoms with E-state index < -0.39 is 0 Å². The third kappa shape index (κ3) is 4.71. The molecule has 1 aromatic carbocycles. The number of nitrogens with zero attached hydrogens (tertiary/aromatic N) is 1. The summed E-state index contributed by atoms with van der Waals surface area (Å²) in [5.74, 6) is -0.213. The molecule has 0 spiro atoms. The number of aromatic nitrogens is 1. The minimum absolute atomic E-state index is 0.125. The van der Waals surface area contributed by atoms with Crippen LogP contribution in [0.3, 0.4) is 0 Å². The number of pyridine rings is 1. The summed E-state index contributed by atoms with van der Waals surface area (Å²) in [5, 5.41) is 0. The maximum atomic E-state index is 11.8. The third-order valence-corrected chi connectivity index (χ3v) is 3.32. The van der Waals surface area contributed by atoms with Gasteiger partial charge in [0.2, 0.25) is 0 Å². The first kappa shape index (κ1) is 15.2. The molecule has 110 valence electrons. The molecule has 0 radical (unpaired) electrons. The van der Waals surface area contributed by atoms with Crippen LogP contribution in [0.4, 0.5) is 0 Å². The molecule has 0 aliphatic rings. The lowest BCUT2D eigenvalue weighted by Gasteiger charge is -2.19. The molecular weight excluding hydrogens is 262 g/mol. The molecular formula is C18H21NO2. The lowest BCUT2D eigenvalue weighted by molar-refractivity contribution is -0.144. The van der Waals surface area contributed by atoms with Crippen LogP contribution in [0.15, 0.2) is 48.8 Å². The highest BCUT2D eigenvalue weighted by molar-refractivity contribution is 5.72. The summed E-state index contributed by atoms with van der Waals surface area (Å²) in [5.41, 5.74) is 3.31. The van der Waals surface area contributed by atoms with Crippen molar-refractivity contribution in [2.24, 2.45) is 0 Å². The van der Waals surface area contributed by atoms with E-state index in [9.17, 15) is 4.79 Å². The van der Waals surface area contributed by atoms with E-state index >= 15 is 0 Å². The average Bonchev–Trinajstić information content (AvgIpc) is 2.46. The van der Waals surface area contributed by atoms with E-state index in [1.165, 1.54) is 5.56 Å². The summed E-state index contributed by atoms with van der Waals surface area (Å²) in [4.78, 5) is 15.8. The highest BCUT2D eigenvalue weighted by atomic mass is 16.5. The van der Waals surface area contributed by atoms with Crippen molar-refractivity contribution < 1.29 is 9.53 Å². The molecule has 0 atom stereocenters. The predicted octanol–water partition coefficient (Wildman–Crippen LogP) is 3.67. The predicted molar refractivity (Wildman–Crippen MR) is 82.9 cm³/mol. The Balaban J connectivity index is 1.88. The number of hydrogen-bond acceptors (Lipinski definition) is 3. The Morgan fingerprint density at radius 2 is 1.62 bits per heavy atom. The van der Waals surface area contributed by atoms with Gasteiger partial charge >= 0.3 is 5.97 Å². The second-order valence-electron chi connectivity index (χ2n) is 6.14. The number of carbonyl (C=O) groups excluding carboxylic acids is 1. The lowest BCUT2D eigenvalue weighted by atomic mass is 9.86. The zero-order valence-electron chi connectivity index (χ0n) is 12.8. The number of carbonyl (C=O) groups is 1. The van der Waals surface area contributed by atoms with Gasteiger partial charge in [0, 0.05) is 12.4 Å². The lowest BCUT2D eigenvalue weighted by Crippen LogP contribution is -2.12. The molecule has 0 saturated heterocycles. The van der Waals surface area contributed by atoms with Gasteiger partial charge in [-0.2, -0.15) is 0 Å². The van der Waals surface area contributed by atoms with Crippen molar-refractivity contribution >= 4 is 5.97 Å². The molecule has 1 heterocycles. The molecule has 3 heteroatoms. The fraction of sp³-hybridized carbons (Fsp3) is 0.333. The van der Waals surface area contributed by atoms with Crippen molar-refractivity contribution in [3.05, 3.63) is 65.5 Å². The molecule has 0 fully saturated rings.